The lowest BCUT2D eigenvalue weighted by molar-refractivity contribution is 0.151. The van der Waals surface area contributed by atoms with Crippen LogP contribution in [0.2, 0.25) is 0 Å². The summed E-state index contributed by atoms with van der Waals surface area (Å²) in [4.78, 5) is 0. The molecule has 1 aliphatic rings. The van der Waals surface area contributed by atoms with Crippen LogP contribution in [0, 0.1) is 26.2 Å². The minimum atomic E-state index is 0.486. The molecule has 1 aromatic rings. The average Bonchev–Trinajstić information content (AvgIpc) is 2.31. The number of aryl methyl sites for hydroxylation is 1. The third-order valence-electron chi connectivity index (χ3n) is 4.68. The van der Waals surface area contributed by atoms with Crippen molar-refractivity contribution < 1.29 is 0 Å². The molecule has 0 bridgehead atoms. The molecule has 0 unspecified atom stereocenters. The van der Waals surface area contributed by atoms with Crippen molar-refractivity contribution in [3.63, 3.8) is 0 Å². The summed E-state index contributed by atoms with van der Waals surface area (Å²) in [6.07, 6.45) is 4.09. The van der Waals surface area contributed by atoms with Crippen LogP contribution in [0.15, 0.2) is 12.1 Å². The second-order valence-corrected chi connectivity index (χ2v) is 5.92. The molecule has 100 valence electrons. The molecule has 0 amide bonds. The number of hydrogen-bond acceptors (Lipinski definition) is 2. The van der Waals surface area contributed by atoms with E-state index in [1.165, 1.54) is 41.6 Å². The van der Waals surface area contributed by atoms with Crippen LogP contribution in [0.1, 0.15) is 36.0 Å². The molecule has 0 aromatic heterocycles. The smallest absolute Gasteiger partial charge is 0.0372 e. The van der Waals surface area contributed by atoms with Gasteiger partial charge in [0.05, 0.1) is 0 Å². The fourth-order valence-electron chi connectivity index (χ4n) is 2.90. The van der Waals surface area contributed by atoms with Crippen LogP contribution >= 0.6 is 0 Å². The van der Waals surface area contributed by atoms with E-state index in [-0.39, 0.29) is 0 Å². The first-order valence-corrected chi connectivity index (χ1v) is 7.03. The van der Waals surface area contributed by atoms with Crippen LogP contribution in [0.4, 0.5) is 5.69 Å². The van der Waals surface area contributed by atoms with E-state index in [1.54, 1.807) is 0 Å². The summed E-state index contributed by atoms with van der Waals surface area (Å²) in [7, 11) is 2.06. The van der Waals surface area contributed by atoms with Crippen molar-refractivity contribution in [2.45, 2.75) is 40.0 Å². The van der Waals surface area contributed by atoms with Gasteiger partial charge >= 0.3 is 0 Å². The largest absolute Gasteiger partial charge is 0.384 e. The first-order valence-electron chi connectivity index (χ1n) is 7.03. The van der Waals surface area contributed by atoms with Gasteiger partial charge in [-0.1, -0.05) is 12.5 Å². The zero-order valence-corrected chi connectivity index (χ0v) is 12.2. The lowest BCUT2D eigenvalue weighted by atomic mass is 9.68. The summed E-state index contributed by atoms with van der Waals surface area (Å²) in [5.74, 6) is 0. The molecule has 2 rings (SSSR count). The molecule has 2 nitrogen and oxygen atoms in total. The van der Waals surface area contributed by atoms with Crippen LogP contribution in [0.25, 0.3) is 0 Å². The Balaban J connectivity index is 2.04. The Morgan fingerprint density at radius 3 is 2.33 bits per heavy atom. The first kappa shape index (κ1) is 13.4. The van der Waals surface area contributed by atoms with Gasteiger partial charge in [0.25, 0.3) is 0 Å². The normalized spacial score (nSPS) is 17.3. The first-order chi connectivity index (χ1) is 8.58. The minimum absolute atomic E-state index is 0.486. The van der Waals surface area contributed by atoms with Crippen LogP contribution in [-0.2, 0) is 0 Å². The highest BCUT2D eigenvalue weighted by molar-refractivity contribution is 5.56. The maximum atomic E-state index is 3.67. The van der Waals surface area contributed by atoms with Crippen molar-refractivity contribution in [3.8, 4) is 0 Å². The van der Waals surface area contributed by atoms with Crippen molar-refractivity contribution in [2.75, 3.05) is 25.5 Å². The molecule has 0 radical (unpaired) electrons. The van der Waals surface area contributed by atoms with E-state index in [0.29, 0.717) is 5.41 Å². The second-order valence-electron chi connectivity index (χ2n) is 5.92. The lowest BCUT2D eigenvalue weighted by Gasteiger charge is -2.42. The number of nitrogens with one attached hydrogen (secondary N) is 2. The topological polar surface area (TPSA) is 24.1 Å². The van der Waals surface area contributed by atoms with Crippen molar-refractivity contribution in [3.05, 3.63) is 28.8 Å². The molecule has 1 saturated carbocycles. The third kappa shape index (κ3) is 2.54. The molecule has 1 aromatic carbocycles. The van der Waals surface area contributed by atoms with Crippen LogP contribution in [0.5, 0.6) is 0 Å². The van der Waals surface area contributed by atoms with E-state index >= 15 is 0 Å². The van der Waals surface area contributed by atoms with Gasteiger partial charge in [0, 0.05) is 24.2 Å². The number of anilines is 1. The summed E-state index contributed by atoms with van der Waals surface area (Å²) in [5, 5.41) is 7.01. The summed E-state index contributed by atoms with van der Waals surface area (Å²) in [6, 6.07) is 4.44. The minimum Gasteiger partial charge on any atom is -0.384 e. The van der Waals surface area contributed by atoms with Gasteiger partial charge in [-0.3, -0.25) is 0 Å². The predicted molar refractivity (Wildman–Crippen MR) is 79.4 cm³/mol. The highest BCUT2D eigenvalue weighted by Gasteiger charge is 2.35. The fraction of sp³-hybridized carbons (Fsp3) is 0.625. The van der Waals surface area contributed by atoms with Gasteiger partial charge in [-0.15, -0.1) is 0 Å². The Hall–Kier alpha value is -1.02. The van der Waals surface area contributed by atoms with E-state index in [0.717, 1.165) is 13.1 Å². The van der Waals surface area contributed by atoms with Crippen LogP contribution < -0.4 is 10.6 Å². The summed E-state index contributed by atoms with van der Waals surface area (Å²) in [6.45, 7) is 8.83. The Labute approximate surface area is 111 Å². The molecule has 18 heavy (non-hydrogen) atoms. The fourth-order valence-corrected chi connectivity index (χ4v) is 2.90. The molecule has 1 fully saturated rings. The molecule has 0 atom stereocenters. The highest BCUT2D eigenvalue weighted by atomic mass is 14.9. The SMILES string of the molecule is CNCC1(CNc2ccc(C)c(C)c2C)CCC1. The standard InChI is InChI=1S/C16H26N2/c1-12-6-7-15(14(3)13(12)2)18-11-16(10-17-4)8-5-9-16/h6-7,17-18H,5,8-11H2,1-4H3. The Morgan fingerprint density at radius 1 is 1.06 bits per heavy atom. The van der Waals surface area contributed by atoms with Crippen molar-refractivity contribution in [2.24, 2.45) is 5.41 Å². The van der Waals surface area contributed by atoms with E-state index in [9.17, 15) is 0 Å². The van der Waals surface area contributed by atoms with E-state index in [2.05, 4.69) is 50.6 Å². The van der Waals surface area contributed by atoms with E-state index in [4.69, 9.17) is 0 Å². The number of benzene rings is 1. The van der Waals surface area contributed by atoms with Gasteiger partial charge in [0.15, 0.2) is 0 Å². The zero-order valence-electron chi connectivity index (χ0n) is 12.2. The number of rotatable bonds is 5. The van der Waals surface area contributed by atoms with Crippen molar-refractivity contribution in [1.82, 2.24) is 5.32 Å². The Bertz CT molecular complexity index is 419. The molecule has 0 aliphatic heterocycles. The molecular weight excluding hydrogens is 220 g/mol. The van der Waals surface area contributed by atoms with Gasteiger partial charge in [0.1, 0.15) is 0 Å². The predicted octanol–water partition coefficient (Wildman–Crippen LogP) is 3.41. The van der Waals surface area contributed by atoms with E-state index in [1.807, 2.05) is 0 Å². The number of hydrogen-bond donors (Lipinski definition) is 2. The third-order valence-corrected chi connectivity index (χ3v) is 4.68. The van der Waals surface area contributed by atoms with Crippen molar-refractivity contribution >= 4 is 5.69 Å². The van der Waals surface area contributed by atoms with Crippen LogP contribution in [0.3, 0.4) is 0 Å². The summed E-state index contributed by atoms with van der Waals surface area (Å²) >= 11 is 0. The molecule has 1 aliphatic carbocycles. The quantitative estimate of drug-likeness (QED) is 0.832. The maximum absolute atomic E-state index is 3.67. The van der Waals surface area contributed by atoms with Gasteiger partial charge in [-0.05, 0) is 63.4 Å². The van der Waals surface area contributed by atoms with Gasteiger partial charge in [0.2, 0.25) is 0 Å². The zero-order chi connectivity index (χ0) is 13.2. The lowest BCUT2D eigenvalue weighted by Crippen LogP contribution is -2.44. The monoisotopic (exact) mass is 246 g/mol. The van der Waals surface area contributed by atoms with Crippen LogP contribution in [-0.4, -0.2) is 20.1 Å². The Kier molecular flexibility index (Phi) is 3.96. The molecule has 2 heteroatoms. The molecule has 0 heterocycles. The van der Waals surface area contributed by atoms with Gasteiger partial charge in [-0.2, -0.15) is 0 Å². The summed E-state index contributed by atoms with van der Waals surface area (Å²) < 4.78 is 0. The molecular formula is C16H26N2. The average molecular weight is 246 g/mol. The molecule has 0 saturated heterocycles. The summed E-state index contributed by atoms with van der Waals surface area (Å²) in [5.41, 5.74) is 5.98. The maximum Gasteiger partial charge on any atom is 0.0372 e. The second kappa shape index (κ2) is 5.31. The molecule has 2 N–H and O–H groups in total. The Morgan fingerprint density at radius 2 is 1.78 bits per heavy atom. The molecule has 0 spiro atoms. The highest BCUT2D eigenvalue weighted by Crippen LogP contribution is 2.40. The van der Waals surface area contributed by atoms with Crippen molar-refractivity contribution in [1.29, 1.82) is 0 Å². The van der Waals surface area contributed by atoms with Gasteiger partial charge < -0.3 is 10.6 Å². The van der Waals surface area contributed by atoms with E-state index < -0.39 is 0 Å². The van der Waals surface area contributed by atoms with Gasteiger partial charge in [-0.25, -0.2) is 0 Å².